The molecule has 1 saturated heterocycles. The van der Waals surface area contributed by atoms with Gasteiger partial charge in [0, 0.05) is 11.8 Å². The molecule has 2 aromatic rings. The second-order valence-electron chi connectivity index (χ2n) is 7.70. The smallest absolute Gasteiger partial charge is 0.325 e. The third-order valence-corrected chi connectivity index (χ3v) is 5.76. The van der Waals surface area contributed by atoms with Crippen molar-refractivity contribution in [3.05, 3.63) is 54.1 Å². The fourth-order valence-corrected chi connectivity index (χ4v) is 4.01. The molecule has 0 radical (unpaired) electrons. The topological polar surface area (TPSA) is 79.9 Å². The van der Waals surface area contributed by atoms with E-state index in [2.05, 4.69) is 39.8 Å². The highest BCUT2D eigenvalue weighted by Gasteiger charge is 2.28. The van der Waals surface area contributed by atoms with Crippen molar-refractivity contribution in [3.8, 4) is 11.5 Å². The van der Waals surface area contributed by atoms with Crippen LogP contribution in [0.1, 0.15) is 31.2 Å². The first-order valence-electron chi connectivity index (χ1n) is 10.4. The van der Waals surface area contributed by atoms with Gasteiger partial charge in [0.1, 0.15) is 13.2 Å². The number of fused-ring (bicyclic) bond motifs is 1. The lowest BCUT2D eigenvalue weighted by Crippen LogP contribution is -2.50. The van der Waals surface area contributed by atoms with E-state index in [1.54, 1.807) is 18.2 Å². The second-order valence-corrected chi connectivity index (χ2v) is 7.70. The summed E-state index contributed by atoms with van der Waals surface area (Å²) < 4.78 is 11.0. The van der Waals surface area contributed by atoms with Gasteiger partial charge in [-0.25, -0.2) is 4.79 Å². The number of imide groups is 1. The van der Waals surface area contributed by atoms with Gasteiger partial charge in [-0.05, 0) is 56.5 Å². The number of nitrogens with one attached hydrogen (secondary N) is 2. The first-order valence-corrected chi connectivity index (χ1v) is 10.4. The molecule has 2 aromatic carbocycles. The number of benzene rings is 2. The molecule has 1 unspecified atom stereocenters. The number of piperidine rings is 1. The maximum absolute atomic E-state index is 12.6. The van der Waals surface area contributed by atoms with Crippen molar-refractivity contribution in [1.29, 1.82) is 0 Å². The van der Waals surface area contributed by atoms with Gasteiger partial charge < -0.3 is 14.8 Å². The Labute approximate surface area is 176 Å². The summed E-state index contributed by atoms with van der Waals surface area (Å²) in [5.41, 5.74) is 1.90. The van der Waals surface area contributed by atoms with E-state index in [0.717, 1.165) is 25.9 Å². The zero-order valence-electron chi connectivity index (χ0n) is 17.1. The SMILES string of the molecule is CC(C(=O)NC(=O)Nc1ccc2c(c1)OCCO2)N1CCC(c2ccccc2)CC1. The molecule has 2 aliphatic rings. The van der Waals surface area contributed by atoms with E-state index < -0.39 is 6.03 Å². The molecule has 1 fully saturated rings. The van der Waals surface area contributed by atoms with Crippen LogP contribution in [0, 0.1) is 0 Å². The van der Waals surface area contributed by atoms with Crippen molar-refractivity contribution in [2.24, 2.45) is 0 Å². The summed E-state index contributed by atoms with van der Waals surface area (Å²) in [6.07, 6.45) is 2.01. The van der Waals surface area contributed by atoms with Crippen molar-refractivity contribution in [1.82, 2.24) is 10.2 Å². The number of urea groups is 1. The Bertz CT molecular complexity index is 895. The van der Waals surface area contributed by atoms with Gasteiger partial charge in [0.2, 0.25) is 5.91 Å². The van der Waals surface area contributed by atoms with Gasteiger partial charge >= 0.3 is 6.03 Å². The van der Waals surface area contributed by atoms with Crippen LogP contribution in [0.3, 0.4) is 0 Å². The minimum Gasteiger partial charge on any atom is -0.486 e. The van der Waals surface area contributed by atoms with Crippen LogP contribution in [0.4, 0.5) is 10.5 Å². The molecule has 0 saturated carbocycles. The van der Waals surface area contributed by atoms with E-state index in [9.17, 15) is 9.59 Å². The molecule has 7 heteroatoms. The molecule has 0 bridgehead atoms. The van der Waals surface area contributed by atoms with Gasteiger partial charge in [-0.15, -0.1) is 0 Å². The molecule has 1 atom stereocenters. The molecule has 2 aliphatic heterocycles. The summed E-state index contributed by atoms with van der Waals surface area (Å²) >= 11 is 0. The molecular weight excluding hydrogens is 382 g/mol. The Balaban J connectivity index is 1.27. The number of nitrogens with zero attached hydrogens (tertiary/aromatic N) is 1. The van der Waals surface area contributed by atoms with Crippen LogP contribution < -0.4 is 20.1 Å². The molecule has 2 heterocycles. The number of carbonyl (C=O) groups excluding carboxylic acids is 2. The molecule has 158 valence electrons. The number of carbonyl (C=O) groups is 2. The molecule has 0 aliphatic carbocycles. The number of hydrogen-bond acceptors (Lipinski definition) is 5. The van der Waals surface area contributed by atoms with E-state index >= 15 is 0 Å². The van der Waals surface area contributed by atoms with Gasteiger partial charge in [0.05, 0.1) is 6.04 Å². The molecule has 3 amide bonds. The largest absolute Gasteiger partial charge is 0.486 e. The van der Waals surface area contributed by atoms with Crippen LogP contribution in [0.5, 0.6) is 11.5 Å². The van der Waals surface area contributed by atoms with Crippen LogP contribution in [-0.2, 0) is 4.79 Å². The molecule has 7 nitrogen and oxygen atoms in total. The summed E-state index contributed by atoms with van der Waals surface area (Å²) in [5.74, 6) is 1.45. The number of hydrogen-bond donors (Lipinski definition) is 2. The Hall–Kier alpha value is -3.06. The van der Waals surface area contributed by atoms with Gasteiger partial charge in [-0.1, -0.05) is 30.3 Å². The number of likely N-dealkylation sites (tertiary alicyclic amines) is 1. The number of rotatable bonds is 4. The van der Waals surface area contributed by atoms with Crippen LogP contribution in [0.25, 0.3) is 0 Å². The molecule has 30 heavy (non-hydrogen) atoms. The number of ether oxygens (including phenoxy) is 2. The zero-order valence-corrected chi connectivity index (χ0v) is 17.1. The fourth-order valence-electron chi connectivity index (χ4n) is 4.01. The Morgan fingerprint density at radius 1 is 1.00 bits per heavy atom. The summed E-state index contributed by atoms with van der Waals surface area (Å²) in [6.45, 7) is 4.49. The Morgan fingerprint density at radius 2 is 1.70 bits per heavy atom. The zero-order chi connectivity index (χ0) is 20.9. The lowest BCUT2D eigenvalue weighted by molar-refractivity contribution is -0.125. The predicted octanol–water partition coefficient (Wildman–Crippen LogP) is 3.37. The van der Waals surface area contributed by atoms with E-state index in [-0.39, 0.29) is 11.9 Å². The highest BCUT2D eigenvalue weighted by molar-refractivity contribution is 6.02. The molecule has 4 rings (SSSR count). The second kappa shape index (κ2) is 9.17. The highest BCUT2D eigenvalue weighted by atomic mass is 16.6. The van der Waals surface area contributed by atoms with E-state index in [1.165, 1.54) is 5.56 Å². The van der Waals surface area contributed by atoms with Crippen LogP contribution in [-0.4, -0.2) is 49.2 Å². The van der Waals surface area contributed by atoms with Crippen LogP contribution in [0.2, 0.25) is 0 Å². The Morgan fingerprint density at radius 3 is 2.43 bits per heavy atom. The highest BCUT2D eigenvalue weighted by Crippen LogP contribution is 2.32. The molecule has 0 spiro atoms. The quantitative estimate of drug-likeness (QED) is 0.809. The minimum absolute atomic E-state index is 0.303. The fraction of sp³-hybridized carbons (Fsp3) is 0.391. The van der Waals surface area contributed by atoms with Gasteiger partial charge in [-0.2, -0.15) is 0 Å². The summed E-state index contributed by atoms with van der Waals surface area (Å²) in [5, 5.41) is 5.13. The Kier molecular flexibility index (Phi) is 6.18. The minimum atomic E-state index is -0.553. The first kappa shape index (κ1) is 20.2. The normalized spacial score (nSPS) is 17.8. The average Bonchev–Trinajstić information content (AvgIpc) is 2.79. The molecular formula is C23H27N3O4. The average molecular weight is 409 g/mol. The summed E-state index contributed by atoms with van der Waals surface area (Å²) in [4.78, 5) is 27.0. The van der Waals surface area contributed by atoms with Crippen molar-refractivity contribution >= 4 is 17.6 Å². The van der Waals surface area contributed by atoms with Crippen molar-refractivity contribution in [2.45, 2.75) is 31.7 Å². The molecule has 0 aromatic heterocycles. The predicted molar refractivity (Wildman–Crippen MR) is 114 cm³/mol. The third kappa shape index (κ3) is 4.74. The first-order chi connectivity index (χ1) is 14.6. The van der Waals surface area contributed by atoms with Gasteiger partial charge in [0.25, 0.3) is 0 Å². The van der Waals surface area contributed by atoms with Crippen molar-refractivity contribution in [2.75, 3.05) is 31.6 Å². The van der Waals surface area contributed by atoms with Gasteiger partial charge in [-0.3, -0.25) is 15.0 Å². The summed E-state index contributed by atoms with van der Waals surface area (Å²) in [7, 11) is 0. The number of anilines is 1. The lowest BCUT2D eigenvalue weighted by atomic mass is 9.89. The van der Waals surface area contributed by atoms with E-state index in [1.807, 2.05) is 13.0 Å². The van der Waals surface area contributed by atoms with E-state index in [4.69, 9.17) is 9.47 Å². The molecule has 2 N–H and O–H groups in total. The maximum atomic E-state index is 12.6. The van der Waals surface area contributed by atoms with Crippen LogP contribution >= 0.6 is 0 Å². The summed E-state index contributed by atoms with van der Waals surface area (Å²) in [6, 6.07) is 14.7. The van der Waals surface area contributed by atoms with Crippen molar-refractivity contribution in [3.63, 3.8) is 0 Å². The monoisotopic (exact) mass is 409 g/mol. The van der Waals surface area contributed by atoms with E-state index in [0.29, 0.717) is 36.3 Å². The van der Waals surface area contributed by atoms with Gasteiger partial charge in [0.15, 0.2) is 11.5 Å². The van der Waals surface area contributed by atoms with Crippen molar-refractivity contribution < 1.29 is 19.1 Å². The number of amides is 3. The maximum Gasteiger partial charge on any atom is 0.325 e. The standard InChI is InChI=1S/C23H27N3O4/c1-16(26-11-9-18(10-12-26)17-5-3-2-4-6-17)22(27)25-23(28)24-19-7-8-20-21(15-19)30-14-13-29-20/h2-8,15-16,18H,9-14H2,1H3,(H2,24,25,27,28). The lowest BCUT2D eigenvalue weighted by Gasteiger charge is -2.35. The third-order valence-electron chi connectivity index (χ3n) is 5.76. The van der Waals surface area contributed by atoms with Crippen LogP contribution in [0.15, 0.2) is 48.5 Å².